The molecule has 0 amide bonds. The summed E-state index contributed by atoms with van der Waals surface area (Å²) in [5, 5.41) is 0. The van der Waals surface area contributed by atoms with Crippen LogP contribution in [0.15, 0.2) is 36.9 Å². The highest BCUT2D eigenvalue weighted by Crippen LogP contribution is 2.25. The van der Waals surface area contributed by atoms with E-state index >= 15 is 0 Å². The minimum atomic E-state index is -2.84. The van der Waals surface area contributed by atoms with Gasteiger partial charge in [0.1, 0.15) is 5.75 Å². The van der Waals surface area contributed by atoms with Gasteiger partial charge >= 0.3 is 6.61 Å². The lowest BCUT2D eigenvalue weighted by Gasteiger charge is -2.13. The summed E-state index contributed by atoms with van der Waals surface area (Å²) in [6.45, 7) is 0.650. The fourth-order valence-corrected chi connectivity index (χ4v) is 1.09. The van der Waals surface area contributed by atoms with Crippen molar-refractivity contribution in [1.82, 2.24) is 0 Å². The van der Waals surface area contributed by atoms with Crippen molar-refractivity contribution >= 4 is 0 Å². The molecule has 0 aliphatic rings. The van der Waals surface area contributed by atoms with E-state index in [0.29, 0.717) is 5.56 Å². The smallest absolute Gasteiger partial charge is 0.387 e. The van der Waals surface area contributed by atoms with Gasteiger partial charge in [0.25, 0.3) is 0 Å². The minimum absolute atomic E-state index is 0.0925. The van der Waals surface area contributed by atoms with Crippen molar-refractivity contribution in [3.8, 4) is 5.75 Å². The van der Waals surface area contributed by atoms with Crippen molar-refractivity contribution in [2.45, 2.75) is 12.7 Å². The number of halogens is 2. The summed E-state index contributed by atoms with van der Waals surface area (Å²) >= 11 is 0. The molecule has 1 atom stereocenters. The molecule has 0 saturated carbocycles. The summed E-state index contributed by atoms with van der Waals surface area (Å²) in [5.41, 5.74) is 6.13. The molecule has 2 N–H and O–H groups in total. The Morgan fingerprint density at radius 1 is 1.36 bits per heavy atom. The first-order valence-corrected chi connectivity index (χ1v) is 4.07. The summed E-state index contributed by atoms with van der Waals surface area (Å²) in [5.74, 6) is 0.0925. The Labute approximate surface area is 81.0 Å². The highest BCUT2D eigenvalue weighted by molar-refractivity contribution is 5.37. The SMILES string of the molecule is C=C[C@@H](N)c1ccccc1OC(F)F. The van der Waals surface area contributed by atoms with Crippen LogP contribution in [0, 0.1) is 0 Å². The van der Waals surface area contributed by atoms with E-state index in [4.69, 9.17) is 5.73 Å². The number of hydrogen-bond acceptors (Lipinski definition) is 2. The van der Waals surface area contributed by atoms with Gasteiger partial charge in [0.05, 0.1) is 6.04 Å². The van der Waals surface area contributed by atoms with E-state index in [1.54, 1.807) is 18.2 Å². The van der Waals surface area contributed by atoms with Gasteiger partial charge in [-0.25, -0.2) is 0 Å². The first kappa shape index (κ1) is 10.7. The summed E-state index contributed by atoms with van der Waals surface area (Å²) in [6, 6.07) is 5.90. The molecule has 0 unspecified atom stereocenters. The van der Waals surface area contributed by atoms with Gasteiger partial charge in [0.15, 0.2) is 0 Å². The fourth-order valence-electron chi connectivity index (χ4n) is 1.09. The molecule has 4 heteroatoms. The highest BCUT2D eigenvalue weighted by atomic mass is 19.3. The third-order valence-corrected chi connectivity index (χ3v) is 1.75. The summed E-state index contributed by atoms with van der Waals surface area (Å²) in [7, 11) is 0. The van der Waals surface area contributed by atoms with Gasteiger partial charge in [-0.2, -0.15) is 8.78 Å². The topological polar surface area (TPSA) is 35.2 Å². The average molecular weight is 199 g/mol. The van der Waals surface area contributed by atoms with Crippen LogP contribution < -0.4 is 10.5 Å². The third kappa shape index (κ3) is 2.53. The van der Waals surface area contributed by atoms with Gasteiger partial charge in [-0.1, -0.05) is 24.3 Å². The molecule has 0 fully saturated rings. The lowest BCUT2D eigenvalue weighted by molar-refractivity contribution is -0.0505. The van der Waals surface area contributed by atoms with Crippen molar-refractivity contribution < 1.29 is 13.5 Å². The lowest BCUT2D eigenvalue weighted by Crippen LogP contribution is -2.11. The molecule has 0 heterocycles. The molecule has 0 saturated heterocycles. The number of para-hydroxylation sites is 1. The fraction of sp³-hybridized carbons (Fsp3) is 0.200. The second-order valence-electron chi connectivity index (χ2n) is 2.68. The molecule has 0 aliphatic heterocycles. The van der Waals surface area contributed by atoms with Gasteiger partial charge in [-0.3, -0.25) is 0 Å². The van der Waals surface area contributed by atoms with E-state index in [9.17, 15) is 8.78 Å². The Balaban J connectivity index is 2.96. The maximum atomic E-state index is 12.0. The zero-order chi connectivity index (χ0) is 10.6. The van der Waals surface area contributed by atoms with Gasteiger partial charge in [0, 0.05) is 5.56 Å². The van der Waals surface area contributed by atoms with Crippen molar-refractivity contribution in [1.29, 1.82) is 0 Å². The molecule has 1 aromatic rings. The van der Waals surface area contributed by atoms with E-state index in [1.165, 1.54) is 12.1 Å². The van der Waals surface area contributed by atoms with Gasteiger partial charge in [0.2, 0.25) is 0 Å². The van der Waals surface area contributed by atoms with Crippen LogP contribution in [-0.4, -0.2) is 6.61 Å². The zero-order valence-electron chi connectivity index (χ0n) is 7.49. The van der Waals surface area contributed by atoms with E-state index in [0.717, 1.165) is 0 Å². The van der Waals surface area contributed by atoms with Crippen LogP contribution in [0.1, 0.15) is 11.6 Å². The Morgan fingerprint density at radius 3 is 2.57 bits per heavy atom. The first-order chi connectivity index (χ1) is 6.65. The van der Waals surface area contributed by atoms with Crippen LogP contribution in [0.25, 0.3) is 0 Å². The molecule has 1 aromatic carbocycles. The van der Waals surface area contributed by atoms with Crippen molar-refractivity contribution in [3.05, 3.63) is 42.5 Å². The summed E-state index contributed by atoms with van der Waals surface area (Å²) in [6.07, 6.45) is 1.47. The second-order valence-corrected chi connectivity index (χ2v) is 2.68. The molecule has 0 bridgehead atoms. The Bertz CT molecular complexity index is 315. The Hall–Kier alpha value is -1.42. The summed E-state index contributed by atoms with van der Waals surface area (Å²) < 4.78 is 28.3. The van der Waals surface area contributed by atoms with Gasteiger partial charge < -0.3 is 10.5 Å². The number of hydrogen-bond donors (Lipinski definition) is 1. The minimum Gasteiger partial charge on any atom is -0.434 e. The largest absolute Gasteiger partial charge is 0.434 e. The highest BCUT2D eigenvalue weighted by Gasteiger charge is 2.11. The standard InChI is InChI=1S/C10H11F2NO/c1-2-8(13)7-5-3-4-6-9(7)14-10(11)12/h2-6,8,10H,1,13H2/t8-/m1/s1. The van der Waals surface area contributed by atoms with E-state index in [2.05, 4.69) is 11.3 Å². The van der Waals surface area contributed by atoms with Crippen LogP contribution >= 0.6 is 0 Å². The van der Waals surface area contributed by atoms with Crippen LogP contribution in [0.3, 0.4) is 0 Å². The quantitative estimate of drug-likeness (QED) is 0.756. The van der Waals surface area contributed by atoms with E-state index < -0.39 is 12.7 Å². The van der Waals surface area contributed by atoms with Crippen LogP contribution in [0.2, 0.25) is 0 Å². The second kappa shape index (κ2) is 4.72. The van der Waals surface area contributed by atoms with Crippen LogP contribution in [0.5, 0.6) is 5.75 Å². The predicted molar refractivity (Wildman–Crippen MR) is 50.2 cm³/mol. The van der Waals surface area contributed by atoms with Crippen molar-refractivity contribution in [2.75, 3.05) is 0 Å². The Morgan fingerprint density at radius 2 is 2.00 bits per heavy atom. The molecule has 0 aromatic heterocycles. The van der Waals surface area contributed by atoms with E-state index in [-0.39, 0.29) is 5.75 Å². The normalized spacial score (nSPS) is 12.6. The number of alkyl halides is 2. The Kier molecular flexibility index (Phi) is 3.59. The molecular weight excluding hydrogens is 188 g/mol. The first-order valence-electron chi connectivity index (χ1n) is 4.07. The number of nitrogens with two attached hydrogens (primary N) is 1. The molecule has 1 rings (SSSR count). The maximum Gasteiger partial charge on any atom is 0.387 e. The van der Waals surface area contributed by atoms with Crippen LogP contribution in [-0.2, 0) is 0 Å². The number of rotatable bonds is 4. The molecule has 2 nitrogen and oxygen atoms in total. The molecule has 0 spiro atoms. The third-order valence-electron chi connectivity index (χ3n) is 1.75. The van der Waals surface area contributed by atoms with Crippen molar-refractivity contribution in [2.24, 2.45) is 5.73 Å². The average Bonchev–Trinajstić information content (AvgIpc) is 2.16. The summed E-state index contributed by atoms with van der Waals surface area (Å²) in [4.78, 5) is 0. The molecular formula is C10H11F2NO. The molecule has 76 valence electrons. The molecule has 14 heavy (non-hydrogen) atoms. The number of ether oxygens (including phenoxy) is 1. The molecule has 0 radical (unpaired) electrons. The monoisotopic (exact) mass is 199 g/mol. The predicted octanol–water partition coefficient (Wildman–Crippen LogP) is 2.47. The zero-order valence-corrected chi connectivity index (χ0v) is 7.49. The van der Waals surface area contributed by atoms with Crippen molar-refractivity contribution in [3.63, 3.8) is 0 Å². The van der Waals surface area contributed by atoms with Crippen LogP contribution in [0.4, 0.5) is 8.78 Å². The lowest BCUT2D eigenvalue weighted by atomic mass is 10.1. The van der Waals surface area contributed by atoms with E-state index in [1.807, 2.05) is 0 Å². The van der Waals surface area contributed by atoms with Gasteiger partial charge in [-0.05, 0) is 6.07 Å². The molecule has 0 aliphatic carbocycles. The maximum absolute atomic E-state index is 12.0. The van der Waals surface area contributed by atoms with Gasteiger partial charge in [-0.15, -0.1) is 6.58 Å². The number of benzene rings is 1.